The van der Waals surface area contributed by atoms with E-state index in [-0.39, 0.29) is 11.7 Å². The Morgan fingerprint density at radius 2 is 2.44 bits per heavy atom. The van der Waals surface area contributed by atoms with Crippen LogP contribution in [-0.4, -0.2) is 19.0 Å². The van der Waals surface area contributed by atoms with E-state index in [0.29, 0.717) is 6.61 Å². The van der Waals surface area contributed by atoms with Gasteiger partial charge in [-0.25, -0.2) is 0 Å². The Hall–Kier alpha value is -0.370. The number of hydrogen-bond donors (Lipinski definition) is 0. The molecule has 0 spiro atoms. The molecule has 1 atom stereocenters. The van der Waals surface area contributed by atoms with Crippen molar-refractivity contribution >= 4 is 5.78 Å². The van der Waals surface area contributed by atoms with Gasteiger partial charge < -0.3 is 4.74 Å². The molecule has 9 heavy (non-hydrogen) atoms. The third kappa shape index (κ3) is 1.79. The molecule has 0 unspecified atom stereocenters. The van der Waals surface area contributed by atoms with Crippen LogP contribution in [0.3, 0.4) is 0 Å². The maximum Gasteiger partial charge on any atom is 0.135 e. The van der Waals surface area contributed by atoms with E-state index in [1.165, 1.54) is 0 Å². The Bertz CT molecular complexity index is 103. The molecule has 52 valence electrons. The van der Waals surface area contributed by atoms with E-state index in [4.69, 9.17) is 4.74 Å². The summed E-state index contributed by atoms with van der Waals surface area (Å²) in [6.45, 7) is 3.12. The predicted octanol–water partition coefficient (Wildman–Crippen LogP) is 1.00. The topological polar surface area (TPSA) is 26.3 Å². The van der Waals surface area contributed by atoms with Crippen LogP contribution >= 0.6 is 0 Å². The van der Waals surface area contributed by atoms with Crippen molar-refractivity contribution < 1.29 is 9.53 Å². The minimum Gasteiger partial charge on any atom is -0.381 e. The normalized spacial score (nSPS) is 27.9. The molecular weight excluding hydrogens is 116 g/mol. The van der Waals surface area contributed by atoms with Crippen LogP contribution in [0.15, 0.2) is 0 Å². The number of carbonyl (C=O) groups is 1. The molecule has 0 radical (unpaired) electrons. The lowest BCUT2D eigenvalue weighted by molar-refractivity contribution is -0.124. The zero-order valence-electron chi connectivity index (χ0n) is 5.72. The minimum absolute atomic E-state index is 0.193. The molecule has 1 fully saturated rings. The summed E-state index contributed by atoms with van der Waals surface area (Å²) in [7, 11) is 0. The zero-order valence-corrected chi connectivity index (χ0v) is 5.72. The van der Waals surface area contributed by atoms with E-state index in [2.05, 4.69) is 0 Å². The first-order valence-corrected chi connectivity index (χ1v) is 3.39. The first-order chi connectivity index (χ1) is 4.30. The summed E-state index contributed by atoms with van der Waals surface area (Å²) in [4.78, 5) is 10.7. The fraction of sp³-hybridized carbons (Fsp3) is 0.857. The number of hydrogen-bond acceptors (Lipinski definition) is 2. The summed E-state index contributed by atoms with van der Waals surface area (Å²) in [5.74, 6) is 0.466. The minimum atomic E-state index is 0.193. The van der Waals surface area contributed by atoms with Crippen molar-refractivity contribution in [1.82, 2.24) is 0 Å². The van der Waals surface area contributed by atoms with Crippen LogP contribution in [0.2, 0.25) is 0 Å². The molecule has 0 bridgehead atoms. The lowest BCUT2D eigenvalue weighted by Crippen LogP contribution is -2.22. The molecule has 0 aromatic carbocycles. The van der Waals surface area contributed by atoms with Gasteiger partial charge in [-0.1, -0.05) is 0 Å². The van der Waals surface area contributed by atoms with Gasteiger partial charge in [0.2, 0.25) is 0 Å². The average molecular weight is 128 g/mol. The third-order valence-electron chi connectivity index (χ3n) is 1.74. The summed E-state index contributed by atoms with van der Waals surface area (Å²) in [6, 6.07) is 0. The van der Waals surface area contributed by atoms with Crippen LogP contribution in [0.5, 0.6) is 0 Å². The van der Waals surface area contributed by atoms with Gasteiger partial charge in [0.05, 0.1) is 6.61 Å². The van der Waals surface area contributed by atoms with Gasteiger partial charge in [0.1, 0.15) is 5.78 Å². The summed E-state index contributed by atoms with van der Waals surface area (Å²) >= 11 is 0. The molecule has 1 saturated heterocycles. The van der Waals surface area contributed by atoms with Gasteiger partial charge in [0, 0.05) is 12.5 Å². The molecule has 2 heteroatoms. The first kappa shape index (κ1) is 6.75. The second-order valence-electron chi connectivity index (χ2n) is 2.52. The molecule has 1 rings (SSSR count). The van der Waals surface area contributed by atoms with Gasteiger partial charge >= 0.3 is 0 Å². The van der Waals surface area contributed by atoms with E-state index in [9.17, 15) is 4.79 Å². The van der Waals surface area contributed by atoms with Gasteiger partial charge in [-0.2, -0.15) is 0 Å². The van der Waals surface area contributed by atoms with Crippen LogP contribution in [0.1, 0.15) is 19.8 Å². The van der Waals surface area contributed by atoms with Crippen molar-refractivity contribution in [2.75, 3.05) is 13.2 Å². The van der Waals surface area contributed by atoms with Crippen LogP contribution in [0.25, 0.3) is 0 Å². The summed E-state index contributed by atoms with van der Waals surface area (Å²) in [6.07, 6.45) is 2.07. The fourth-order valence-corrected chi connectivity index (χ4v) is 1.06. The van der Waals surface area contributed by atoms with Crippen molar-refractivity contribution in [3.8, 4) is 0 Å². The zero-order chi connectivity index (χ0) is 6.69. The third-order valence-corrected chi connectivity index (χ3v) is 1.74. The van der Waals surface area contributed by atoms with Gasteiger partial charge in [0.25, 0.3) is 0 Å². The fourth-order valence-electron chi connectivity index (χ4n) is 1.06. The molecule has 0 amide bonds. The maximum atomic E-state index is 10.7. The van der Waals surface area contributed by atoms with Crippen LogP contribution < -0.4 is 0 Å². The maximum absolute atomic E-state index is 10.7. The van der Waals surface area contributed by atoms with E-state index >= 15 is 0 Å². The van der Waals surface area contributed by atoms with Gasteiger partial charge in [-0.05, 0) is 19.8 Å². The highest BCUT2D eigenvalue weighted by molar-refractivity contribution is 5.78. The van der Waals surface area contributed by atoms with Crippen molar-refractivity contribution in [2.45, 2.75) is 19.8 Å². The van der Waals surface area contributed by atoms with E-state index in [1.54, 1.807) is 6.92 Å². The molecule has 0 aromatic heterocycles. The molecule has 1 aliphatic heterocycles. The number of Topliss-reactive ketones (excluding diaryl/α,β-unsaturated/α-hetero) is 1. The first-order valence-electron chi connectivity index (χ1n) is 3.39. The second kappa shape index (κ2) is 2.97. The average Bonchev–Trinajstić information content (AvgIpc) is 1.90. The Labute approximate surface area is 55.2 Å². The van der Waals surface area contributed by atoms with Crippen LogP contribution in [-0.2, 0) is 9.53 Å². The molecular formula is C7H12O2. The van der Waals surface area contributed by atoms with Gasteiger partial charge in [-0.3, -0.25) is 4.79 Å². The number of carbonyl (C=O) groups excluding carboxylic acids is 1. The smallest absolute Gasteiger partial charge is 0.135 e. The summed E-state index contributed by atoms with van der Waals surface area (Å²) in [5.41, 5.74) is 0. The molecule has 0 N–H and O–H groups in total. The van der Waals surface area contributed by atoms with Crippen molar-refractivity contribution in [3.63, 3.8) is 0 Å². The highest BCUT2D eigenvalue weighted by Gasteiger charge is 2.17. The molecule has 2 nitrogen and oxygen atoms in total. The monoisotopic (exact) mass is 128 g/mol. The van der Waals surface area contributed by atoms with E-state index < -0.39 is 0 Å². The van der Waals surface area contributed by atoms with Gasteiger partial charge in [0.15, 0.2) is 0 Å². The SMILES string of the molecule is CC(=O)[C@H]1CCCOC1. The summed E-state index contributed by atoms with van der Waals surface area (Å²) in [5, 5.41) is 0. The van der Waals surface area contributed by atoms with E-state index in [0.717, 1.165) is 19.4 Å². The Balaban J connectivity index is 2.31. The molecule has 1 heterocycles. The lowest BCUT2D eigenvalue weighted by atomic mass is 9.99. The number of rotatable bonds is 1. The number of ketones is 1. The second-order valence-corrected chi connectivity index (χ2v) is 2.52. The molecule has 0 aromatic rings. The molecule has 0 aliphatic carbocycles. The van der Waals surface area contributed by atoms with Crippen molar-refractivity contribution in [1.29, 1.82) is 0 Å². The largest absolute Gasteiger partial charge is 0.381 e. The van der Waals surface area contributed by atoms with Crippen molar-refractivity contribution in [3.05, 3.63) is 0 Å². The Kier molecular flexibility index (Phi) is 2.22. The van der Waals surface area contributed by atoms with Crippen LogP contribution in [0.4, 0.5) is 0 Å². The molecule has 1 aliphatic rings. The molecule has 0 saturated carbocycles. The standard InChI is InChI=1S/C7H12O2/c1-6(8)7-3-2-4-9-5-7/h7H,2-5H2,1H3/t7-/m0/s1. The lowest BCUT2D eigenvalue weighted by Gasteiger charge is -2.18. The highest BCUT2D eigenvalue weighted by atomic mass is 16.5. The van der Waals surface area contributed by atoms with Crippen molar-refractivity contribution in [2.24, 2.45) is 5.92 Å². The predicted molar refractivity (Wildman–Crippen MR) is 34.2 cm³/mol. The number of ether oxygens (including phenoxy) is 1. The van der Waals surface area contributed by atoms with Gasteiger partial charge in [-0.15, -0.1) is 0 Å². The van der Waals surface area contributed by atoms with E-state index in [1.807, 2.05) is 0 Å². The Morgan fingerprint density at radius 3 is 2.78 bits per heavy atom. The summed E-state index contributed by atoms with van der Waals surface area (Å²) < 4.78 is 5.12. The Morgan fingerprint density at radius 1 is 1.67 bits per heavy atom. The highest BCUT2D eigenvalue weighted by Crippen LogP contribution is 2.13. The van der Waals surface area contributed by atoms with Crippen LogP contribution in [0, 0.1) is 5.92 Å². The quantitative estimate of drug-likeness (QED) is 0.526.